The number of ketones is 1. The Hall–Kier alpha value is -3.20. The third-order valence-corrected chi connectivity index (χ3v) is 3.13. The van der Waals surface area contributed by atoms with Gasteiger partial charge in [0, 0.05) is 16.7 Å². The molecule has 114 valence electrons. The fourth-order valence-electron chi connectivity index (χ4n) is 1.95. The maximum atomic E-state index is 11.8. The van der Waals surface area contributed by atoms with Gasteiger partial charge in [-0.2, -0.15) is 0 Å². The van der Waals surface area contributed by atoms with Crippen LogP contribution in [0.1, 0.15) is 26.3 Å². The molecule has 3 rings (SSSR count). The molecule has 0 heterocycles. The Morgan fingerprint density at radius 3 is 1.09 bits per heavy atom. The monoisotopic (exact) mass is 303 g/mol. The molecule has 0 bridgehead atoms. The number of primary amides is 1. The van der Waals surface area contributed by atoms with Crippen LogP contribution >= 0.6 is 0 Å². The highest BCUT2D eigenvalue weighted by Crippen LogP contribution is 2.08. The van der Waals surface area contributed by atoms with Gasteiger partial charge in [0.1, 0.15) is 0 Å². The van der Waals surface area contributed by atoms with E-state index in [-0.39, 0.29) is 11.7 Å². The van der Waals surface area contributed by atoms with Gasteiger partial charge >= 0.3 is 0 Å². The van der Waals surface area contributed by atoms with Gasteiger partial charge in [-0.1, -0.05) is 78.9 Å². The maximum Gasteiger partial charge on any atom is 0.248 e. The lowest BCUT2D eigenvalue weighted by molar-refractivity contribution is 0.0998. The molecule has 0 spiro atoms. The first-order valence-electron chi connectivity index (χ1n) is 7.18. The van der Waals surface area contributed by atoms with Crippen molar-refractivity contribution in [1.82, 2.24) is 0 Å². The summed E-state index contributed by atoms with van der Waals surface area (Å²) in [5.74, 6) is -0.304. The van der Waals surface area contributed by atoms with E-state index in [1.807, 2.05) is 66.7 Å². The third-order valence-electron chi connectivity index (χ3n) is 3.13. The summed E-state index contributed by atoms with van der Waals surface area (Å²) in [6, 6.07) is 27.4. The van der Waals surface area contributed by atoms with Crippen LogP contribution in [0.3, 0.4) is 0 Å². The number of carbonyl (C=O) groups is 2. The van der Waals surface area contributed by atoms with E-state index in [1.54, 1.807) is 24.3 Å². The molecule has 0 saturated heterocycles. The van der Waals surface area contributed by atoms with Crippen molar-refractivity contribution >= 4 is 11.7 Å². The summed E-state index contributed by atoms with van der Waals surface area (Å²) in [7, 11) is 0. The van der Waals surface area contributed by atoms with Crippen LogP contribution in [0.5, 0.6) is 0 Å². The molecule has 0 aromatic heterocycles. The van der Waals surface area contributed by atoms with E-state index in [2.05, 4.69) is 0 Å². The van der Waals surface area contributed by atoms with E-state index in [0.29, 0.717) is 5.56 Å². The van der Waals surface area contributed by atoms with E-state index in [4.69, 9.17) is 5.73 Å². The molecule has 3 aromatic rings. The normalized spacial score (nSPS) is 9.39. The first-order chi connectivity index (χ1) is 11.2. The summed E-state index contributed by atoms with van der Waals surface area (Å²) in [5.41, 5.74) is 7.00. The second-order valence-electron chi connectivity index (χ2n) is 4.79. The summed E-state index contributed by atoms with van der Waals surface area (Å²) in [5, 5.41) is 0. The van der Waals surface area contributed by atoms with Crippen molar-refractivity contribution in [2.24, 2.45) is 5.73 Å². The number of hydrogen-bond donors (Lipinski definition) is 1. The zero-order valence-electron chi connectivity index (χ0n) is 12.6. The second-order valence-corrected chi connectivity index (χ2v) is 4.79. The van der Waals surface area contributed by atoms with Crippen LogP contribution in [0, 0.1) is 0 Å². The van der Waals surface area contributed by atoms with Crippen LogP contribution in [-0.4, -0.2) is 11.7 Å². The standard InChI is InChI=1S/C13H10O.C7H7NO/c14-13(11-7-3-1-4-8-11)12-9-5-2-6-10-12;8-7(9)6-4-2-1-3-5-6/h1-10H;1-5H,(H2,8,9). The zero-order valence-corrected chi connectivity index (χ0v) is 12.6. The first kappa shape index (κ1) is 16.2. The number of rotatable bonds is 3. The largest absolute Gasteiger partial charge is 0.366 e. The van der Waals surface area contributed by atoms with E-state index in [1.165, 1.54) is 0 Å². The minimum absolute atomic E-state index is 0.0752. The van der Waals surface area contributed by atoms with Crippen molar-refractivity contribution in [1.29, 1.82) is 0 Å². The first-order valence-corrected chi connectivity index (χ1v) is 7.18. The summed E-state index contributed by atoms with van der Waals surface area (Å²) in [6.45, 7) is 0. The van der Waals surface area contributed by atoms with Gasteiger partial charge in [0.2, 0.25) is 5.91 Å². The van der Waals surface area contributed by atoms with Gasteiger partial charge in [-0.05, 0) is 12.1 Å². The molecule has 1 amide bonds. The van der Waals surface area contributed by atoms with Crippen LogP contribution in [0.2, 0.25) is 0 Å². The number of carbonyl (C=O) groups excluding carboxylic acids is 2. The maximum absolute atomic E-state index is 11.8. The molecule has 3 aromatic carbocycles. The van der Waals surface area contributed by atoms with Crippen LogP contribution in [-0.2, 0) is 0 Å². The summed E-state index contributed by atoms with van der Waals surface area (Å²) < 4.78 is 0. The van der Waals surface area contributed by atoms with Crippen molar-refractivity contribution in [3.8, 4) is 0 Å². The fraction of sp³-hybridized carbons (Fsp3) is 0. The van der Waals surface area contributed by atoms with Crippen LogP contribution in [0.4, 0.5) is 0 Å². The van der Waals surface area contributed by atoms with E-state index >= 15 is 0 Å². The Labute approximate surface area is 135 Å². The Kier molecular flexibility index (Phi) is 5.83. The molecule has 0 unspecified atom stereocenters. The molecular weight excluding hydrogens is 286 g/mol. The molecule has 0 fully saturated rings. The van der Waals surface area contributed by atoms with Gasteiger partial charge in [0.25, 0.3) is 0 Å². The lowest BCUT2D eigenvalue weighted by Gasteiger charge is -1.99. The molecular formula is C20H17NO2. The summed E-state index contributed by atoms with van der Waals surface area (Å²) >= 11 is 0. The van der Waals surface area contributed by atoms with Gasteiger partial charge in [0.05, 0.1) is 0 Å². The summed E-state index contributed by atoms with van der Waals surface area (Å²) in [4.78, 5) is 22.3. The van der Waals surface area contributed by atoms with Crippen molar-refractivity contribution < 1.29 is 9.59 Å². The zero-order chi connectivity index (χ0) is 16.5. The number of nitrogens with two attached hydrogens (primary N) is 1. The molecule has 0 radical (unpaired) electrons. The smallest absolute Gasteiger partial charge is 0.248 e. The number of benzene rings is 3. The average molecular weight is 303 g/mol. The average Bonchev–Trinajstić information content (AvgIpc) is 2.64. The van der Waals surface area contributed by atoms with Crippen LogP contribution in [0.15, 0.2) is 91.0 Å². The molecule has 0 saturated carbocycles. The molecule has 0 aliphatic carbocycles. The van der Waals surface area contributed by atoms with Gasteiger partial charge in [0.15, 0.2) is 5.78 Å². The highest BCUT2D eigenvalue weighted by molar-refractivity contribution is 6.08. The predicted octanol–water partition coefficient (Wildman–Crippen LogP) is 3.70. The molecule has 0 atom stereocenters. The number of hydrogen-bond acceptors (Lipinski definition) is 2. The third kappa shape index (κ3) is 4.93. The van der Waals surface area contributed by atoms with Crippen LogP contribution in [0.25, 0.3) is 0 Å². The highest BCUT2D eigenvalue weighted by atomic mass is 16.1. The second kappa shape index (κ2) is 8.29. The van der Waals surface area contributed by atoms with Crippen LogP contribution < -0.4 is 5.73 Å². The quantitative estimate of drug-likeness (QED) is 0.750. The SMILES string of the molecule is NC(=O)c1ccccc1.O=C(c1ccccc1)c1ccccc1. The van der Waals surface area contributed by atoms with Crippen molar-refractivity contribution in [2.75, 3.05) is 0 Å². The van der Waals surface area contributed by atoms with E-state index in [0.717, 1.165) is 11.1 Å². The topological polar surface area (TPSA) is 60.2 Å². The Morgan fingerprint density at radius 2 is 0.826 bits per heavy atom. The highest BCUT2D eigenvalue weighted by Gasteiger charge is 2.06. The van der Waals surface area contributed by atoms with Crippen molar-refractivity contribution in [3.05, 3.63) is 108 Å². The summed E-state index contributed by atoms with van der Waals surface area (Å²) in [6.07, 6.45) is 0. The minimum atomic E-state index is -0.379. The molecule has 23 heavy (non-hydrogen) atoms. The van der Waals surface area contributed by atoms with Gasteiger partial charge in [-0.25, -0.2) is 0 Å². The van der Waals surface area contributed by atoms with Crippen molar-refractivity contribution in [2.45, 2.75) is 0 Å². The predicted molar refractivity (Wildman–Crippen MR) is 91.3 cm³/mol. The van der Waals surface area contributed by atoms with E-state index < -0.39 is 0 Å². The Morgan fingerprint density at radius 1 is 0.522 bits per heavy atom. The van der Waals surface area contributed by atoms with E-state index in [9.17, 15) is 9.59 Å². The van der Waals surface area contributed by atoms with Gasteiger partial charge in [-0.3, -0.25) is 9.59 Å². The van der Waals surface area contributed by atoms with Gasteiger partial charge in [-0.15, -0.1) is 0 Å². The number of amides is 1. The molecule has 2 N–H and O–H groups in total. The molecule has 3 heteroatoms. The minimum Gasteiger partial charge on any atom is -0.366 e. The molecule has 3 nitrogen and oxygen atoms in total. The fourth-order valence-corrected chi connectivity index (χ4v) is 1.95. The Bertz CT molecular complexity index is 712. The van der Waals surface area contributed by atoms with Crippen molar-refractivity contribution in [3.63, 3.8) is 0 Å². The van der Waals surface area contributed by atoms with Gasteiger partial charge < -0.3 is 5.73 Å². The Balaban J connectivity index is 0.000000185. The lowest BCUT2D eigenvalue weighted by Crippen LogP contribution is -2.09. The molecule has 0 aliphatic heterocycles. The molecule has 0 aliphatic rings. The lowest BCUT2D eigenvalue weighted by atomic mass is 10.0.